The van der Waals surface area contributed by atoms with Crippen LogP contribution in [0.1, 0.15) is 41.5 Å². The Morgan fingerprint density at radius 1 is 0.962 bits per heavy atom. The summed E-state index contributed by atoms with van der Waals surface area (Å²) in [6, 6.07) is 0.0530. The van der Waals surface area contributed by atoms with Gasteiger partial charge in [0.2, 0.25) is 0 Å². The van der Waals surface area contributed by atoms with Gasteiger partial charge in [0.15, 0.2) is 0 Å². The average molecular weight is 417 g/mol. The van der Waals surface area contributed by atoms with Crippen LogP contribution in [0, 0.1) is 68.5 Å². The Labute approximate surface area is 177 Å². The third kappa shape index (κ3) is 12.5. The summed E-state index contributed by atoms with van der Waals surface area (Å²) < 4.78 is 5.34. The summed E-state index contributed by atoms with van der Waals surface area (Å²) in [7, 11) is 0. The molecule has 144 valence electrons. The molecular weight excluding hydrogens is 386 g/mol. The fourth-order valence-corrected chi connectivity index (χ4v) is 3.20. The molecule has 1 N–H and O–H groups in total. The maximum Gasteiger partial charge on any atom is 2.00 e. The van der Waals surface area contributed by atoms with Crippen molar-refractivity contribution in [3.8, 4) is 0 Å². The van der Waals surface area contributed by atoms with E-state index in [4.69, 9.17) is 4.74 Å². The van der Waals surface area contributed by atoms with Crippen molar-refractivity contribution in [3.05, 3.63) is 63.0 Å². The number of alkyl carbamates (subject to hydrolysis) is 1. The first-order valence-electron chi connectivity index (χ1n) is 8.58. The van der Waals surface area contributed by atoms with E-state index in [1.54, 1.807) is 11.8 Å². The molecule has 2 aliphatic rings. The molecule has 0 aromatic heterocycles. The minimum atomic E-state index is -0.467. The van der Waals surface area contributed by atoms with Crippen LogP contribution in [0.5, 0.6) is 0 Å². The van der Waals surface area contributed by atoms with E-state index in [2.05, 4.69) is 38.9 Å². The Hall–Kier alpha value is 0.139. The van der Waals surface area contributed by atoms with Gasteiger partial charge in [0, 0.05) is 17.0 Å². The summed E-state index contributed by atoms with van der Waals surface area (Å²) in [4.78, 5) is 11.9. The first-order chi connectivity index (χ1) is 11.6. The Balaban J connectivity index is 0.000000893. The molecule has 2 saturated carbocycles. The number of thioether (sulfide) groups is 1. The van der Waals surface area contributed by atoms with E-state index in [1.807, 2.05) is 65.7 Å². The number of ether oxygens (including phenoxy) is 1. The molecule has 10 radical (unpaired) electrons. The second kappa shape index (κ2) is 12.6. The number of hydrogen-bond donors (Lipinski definition) is 1. The SMILES string of the molecule is CC(C)(C)OC(=O)N[C@H](CS[C]1[CH][CH][CH][CH]1)C(C)(C)C.[CH]1[CH][CH][CH][CH]1.[Fe+2]. The maximum absolute atomic E-state index is 11.9. The molecule has 1 atom stereocenters. The zero-order chi connectivity index (χ0) is 18.9. The summed E-state index contributed by atoms with van der Waals surface area (Å²) in [6.45, 7) is 12.0. The molecule has 2 aliphatic carbocycles. The molecule has 0 aromatic carbocycles. The molecular formula is C21H31FeNO2S+2. The van der Waals surface area contributed by atoms with Crippen molar-refractivity contribution >= 4 is 17.9 Å². The van der Waals surface area contributed by atoms with Crippen molar-refractivity contribution in [1.82, 2.24) is 5.32 Å². The van der Waals surface area contributed by atoms with Crippen LogP contribution in [0.15, 0.2) is 0 Å². The fraction of sp³-hybridized carbons (Fsp3) is 0.476. The Morgan fingerprint density at radius 3 is 1.81 bits per heavy atom. The summed E-state index contributed by atoms with van der Waals surface area (Å²) in [5, 5.41) is 4.22. The number of nitrogens with one attached hydrogen (secondary N) is 1. The molecule has 26 heavy (non-hydrogen) atoms. The van der Waals surface area contributed by atoms with Crippen molar-refractivity contribution < 1.29 is 26.6 Å². The molecule has 0 bridgehead atoms. The molecule has 3 nitrogen and oxygen atoms in total. The first kappa shape index (κ1) is 26.1. The van der Waals surface area contributed by atoms with Gasteiger partial charge in [-0.05, 0) is 84.0 Å². The summed E-state index contributed by atoms with van der Waals surface area (Å²) in [5.41, 5.74) is -0.484. The Kier molecular flexibility index (Phi) is 12.6. The summed E-state index contributed by atoms with van der Waals surface area (Å²) in [5.74, 6) is 0.826. The smallest absolute Gasteiger partial charge is 0.444 e. The largest absolute Gasteiger partial charge is 2.00 e. The van der Waals surface area contributed by atoms with Gasteiger partial charge < -0.3 is 10.1 Å². The fourth-order valence-electron chi connectivity index (χ4n) is 1.91. The van der Waals surface area contributed by atoms with Crippen molar-refractivity contribution in [2.75, 3.05) is 5.75 Å². The predicted octanol–water partition coefficient (Wildman–Crippen LogP) is 5.04. The molecule has 2 rings (SSSR count). The second-order valence-corrected chi connectivity index (χ2v) is 9.05. The number of amides is 1. The third-order valence-corrected chi connectivity index (χ3v) is 4.45. The van der Waals surface area contributed by atoms with Crippen LogP contribution in [0.4, 0.5) is 4.79 Å². The number of rotatable bonds is 4. The maximum atomic E-state index is 11.9. The number of carbonyl (C=O) groups excluding carboxylic acids is 1. The standard InChI is InChI=1S/C16H26NO2S.C5H5.Fe/c1-15(2,3)13(11-20-12-9-7-8-10-12)17-14(18)19-16(4,5)6;1-2-4-5-3-1;/h7-10,13H,11H2,1-6H3,(H,17,18);1-5H;/q;;+2/t13-;;/m1../s1. The summed E-state index contributed by atoms with van der Waals surface area (Å²) >= 11 is 1.75. The second-order valence-electron chi connectivity index (χ2n) is 7.96. The Morgan fingerprint density at radius 2 is 1.42 bits per heavy atom. The summed E-state index contributed by atoms with van der Waals surface area (Å²) in [6.07, 6.45) is 17.9. The van der Waals surface area contributed by atoms with E-state index in [9.17, 15) is 4.79 Å². The molecule has 0 aromatic rings. The molecule has 0 spiro atoms. The van der Waals surface area contributed by atoms with E-state index >= 15 is 0 Å². The third-order valence-electron chi connectivity index (χ3n) is 3.34. The molecule has 5 heteroatoms. The quantitative estimate of drug-likeness (QED) is 0.652. The molecule has 0 unspecified atom stereocenters. The topological polar surface area (TPSA) is 38.3 Å². The van der Waals surface area contributed by atoms with E-state index in [0.717, 1.165) is 5.75 Å². The predicted molar refractivity (Wildman–Crippen MR) is 107 cm³/mol. The van der Waals surface area contributed by atoms with Gasteiger partial charge in [0.1, 0.15) is 5.60 Å². The zero-order valence-corrected chi connectivity index (χ0v) is 18.5. The van der Waals surface area contributed by atoms with E-state index in [-0.39, 0.29) is 34.6 Å². The molecule has 2 fully saturated rings. The van der Waals surface area contributed by atoms with Crippen LogP contribution in [-0.4, -0.2) is 23.5 Å². The van der Waals surface area contributed by atoms with Crippen LogP contribution in [0.3, 0.4) is 0 Å². The van der Waals surface area contributed by atoms with Gasteiger partial charge in [-0.2, -0.15) is 11.8 Å². The van der Waals surface area contributed by atoms with Crippen molar-refractivity contribution in [2.24, 2.45) is 5.41 Å². The van der Waals surface area contributed by atoms with Gasteiger partial charge >= 0.3 is 23.2 Å². The van der Waals surface area contributed by atoms with Gasteiger partial charge in [-0.1, -0.05) is 20.8 Å². The molecule has 1 amide bonds. The van der Waals surface area contributed by atoms with E-state index < -0.39 is 5.60 Å². The molecule has 0 heterocycles. The molecule has 0 saturated heterocycles. The van der Waals surface area contributed by atoms with Gasteiger partial charge in [0.25, 0.3) is 0 Å². The number of hydrogen-bond acceptors (Lipinski definition) is 3. The average Bonchev–Trinajstić information content (AvgIpc) is 3.15. The van der Waals surface area contributed by atoms with E-state index in [1.165, 1.54) is 5.25 Å². The van der Waals surface area contributed by atoms with Crippen LogP contribution < -0.4 is 5.32 Å². The van der Waals surface area contributed by atoms with Crippen molar-refractivity contribution in [2.45, 2.75) is 53.2 Å². The van der Waals surface area contributed by atoms with Crippen molar-refractivity contribution in [1.29, 1.82) is 0 Å². The number of carbonyl (C=O) groups is 1. The van der Waals surface area contributed by atoms with Crippen molar-refractivity contribution in [3.63, 3.8) is 0 Å². The molecule has 0 aliphatic heterocycles. The minimum Gasteiger partial charge on any atom is -0.444 e. The van der Waals surface area contributed by atoms with Gasteiger partial charge in [-0.15, -0.1) is 0 Å². The normalized spacial score (nSPS) is 19.2. The van der Waals surface area contributed by atoms with Gasteiger partial charge in [-0.25, -0.2) is 4.79 Å². The Bertz CT molecular complexity index is 373. The van der Waals surface area contributed by atoms with Crippen LogP contribution in [-0.2, 0) is 21.8 Å². The van der Waals surface area contributed by atoms with E-state index in [0.29, 0.717) is 0 Å². The van der Waals surface area contributed by atoms with Crippen LogP contribution in [0.25, 0.3) is 0 Å². The van der Waals surface area contributed by atoms with Crippen LogP contribution in [0.2, 0.25) is 0 Å². The first-order valence-corrected chi connectivity index (χ1v) is 9.57. The van der Waals surface area contributed by atoms with Gasteiger partial charge in [0.05, 0.1) is 0 Å². The minimum absolute atomic E-state index is 0. The monoisotopic (exact) mass is 417 g/mol. The van der Waals surface area contributed by atoms with Gasteiger partial charge in [-0.3, -0.25) is 0 Å². The zero-order valence-electron chi connectivity index (χ0n) is 16.6. The van der Waals surface area contributed by atoms with Crippen LogP contribution >= 0.6 is 11.8 Å².